The Kier molecular flexibility index (Phi) is 9.57. The molecular weight excluding hydrogens is 404 g/mol. The van der Waals surface area contributed by atoms with Crippen LogP contribution < -0.4 is 14.8 Å². The maximum absolute atomic E-state index is 13.3. The van der Waals surface area contributed by atoms with Crippen LogP contribution in [0.2, 0.25) is 0 Å². The van der Waals surface area contributed by atoms with Crippen LogP contribution in [0.3, 0.4) is 0 Å². The first-order valence-electron chi connectivity index (χ1n) is 11.2. The molecule has 0 aliphatic carbocycles. The van der Waals surface area contributed by atoms with Gasteiger partial charge in [-0.1, -0.05) is 32.0 Å². The second-order valence-electron chi connectivity index (χ2n) is 8.23. The van der Waals surface area contributed by atoms with E-state index in [0.717, 1.165) is 23.1 Å². The molecule has 0 fully saturated rings. The molecule has 0 spiro atoms. The standard InChI is InChI=1S/C26H36N2O4/c1-7-20(5)27-26(30)24(8-2)28(16-21-10-9-11-22(15-21)31-6)25(29)17-32-23-13-18(3)12-19(4)14-23/h9-15,20,24H,7-8,16-17H2,1-6H3,(H,27,30)/t20-,24+/m0/s1. The van der Waals surface area contributed by atoms with Gasteiger partial charge in [-0.25, -0.2) is 0 Å². The van der Waals surface area contributed by atoms with Crippen molar-refractivity contribution in [2.45, 2.75) is 66.1 Å². The highest BCUT2D eigenvalue weighted by Crippen LogP contribution is 2.19. The third kappa shape index (κ3) is 7.29. The van der Waals surface area contributed by atoms with E-state index in [1.54, 1.807) is 12.0 Å². The third-order valence-electron chi connectivity index (χ3n) is 5.43. The van der Waals surface area contributed by atoms with Gasteiger partial charge in [-0.05, 0) is 74.6 Å². The molecule has 0 aliphatic rings. The van der Waals surface area contributed by atoms with Crippen molar-refractivity contribution >= 4 is 11.8 Å². The molecule has 6 heteroatoms. The molecule has 0 saturated heterocycles. The summed E-state index contributed by atoms with van der Waals surface area (Å²) in [6.07, 6.45) is 1.32. The molecule has 2 aromatic rings. The molecule has 2 aromatic carbocycles. The van der Waals surface area contributed by atoms with Crippen molar-refractivity contribution in [3.05, 3.63) is 59.2 Å². The number of carbonyl (C=O) groups is 2. The lowest BCUT2D eigenvalue weighted by molar-refractivity contribution is -0.143. The second kappa shape index (κ2) is 12.1. The molecule has 174 valence electrons. The highest BCUT2D eigenvalue weighted by molar-refractivity contribution is 5.88. The van der Waals surface area contributed by atoms with Gasteiger partial charge in [-0.3, -0.25) is 9.59 Å². The summed E-state index contributed by atoms with van der Waals surface area (Å²) in [5, 5.41) is 3.01. The number of hydrogen-bond acceptors (Lipinski definition) is 4. The molecule has 2 rings (SSSR count). The van der Waals surface area contributed by atoms with Gasteiger partial charge in [0, 0.05) is 12.6 Å². The predicted molar refractivity (Wildman–Crippen MR) is 127 cm³/mol. The van der Waals surface area contributed by atoms with Crippen LogP contribution in [0.5, 0.6) is 11.5 Å². The predicted octanol–water partition coefficient (Wildman–Crippen LogP) is 4.41. The highest BCUT2D eigenvalue weighted by Gasteiger charge is 2.29. The minimum Gasteiger partial charge on any atom is -0.497 e. The van der Waals surface area contributed by atoms with E-state index in [1.165, 1.54) is 0 Å². The summed E-state index contributed by atoms with van der Waals surface area (Å²) in [5.41, 5.74) is 3.03. The lowest BCUT2D eigenvalue weighted by Gasteiger charge is -2.31. The van der Waals surface area contributed by atoms with Gasteiger partial charge in [0.15, 0.2) is 6.61 Å². The van der Waals surface area contributed by atoms with E-state index in [2.05, 4.69) is 11.4 Å². The minimum atomic E-state index is -0.592. The van der Waals surface area contributed by atoms with E-state index in [9.17, 15) is 9.59 Å². The Morgan fingerprint density at radius 2 is 1.69 bits per heavy atom. The van der Waals surface area contributed by atoms with Crippen LogP contribution in [0.25, 0.3) is 0 Å². The number of aryl methyl sites for hydroxylation is 2. The van der Waals surface area contributed by atoms with Crippen molar-refractivity contribution in [3.63, 3.8) is 0 Å². The van der Waals surface area contributed by atoms with E-state index < -0.39 is 6.04 Å². The SMILES string of the molecule is CC[C@H](C(=O)N[C@@H](C)CC)N(Cc1cccc(OC)c1)C(=O)COc1cc(C)cc(C)c1. The quantitative estimate of drug-likeness (QED) is 0.562. The van der Waals surface area contributed by atoms with Crippen molar-refractivity contribution in [1.29, 1.82) is 0 Å². The van der Waals surface area contributed by atoms with Gasteiger partial charge in [0.2, 0.25) is 5.91 Å². The Labute approximate surface area is 191 Å². The number of methoxy groups -OCH3 is 1. The lowest BCUT2D eigenvalue weighted by Crippen LogP contribution is -2.51. The topological polar surface area (TPSA) is 67.9 Å². The number of nitrogens with zero attached hydrogens (tertiary/aromatic N) is 1. The summed E-state index contributed by atoms with van der Waals surface area (Å²) in [7, 11) is 1.61. The molecule has 0 bridgehead atoms. The molecule has 2 atom stereocenters. The number of hydrogen-bond donors (Lipinski definition) is 1. The molecule has 0 unspecified atom stereocenters. The summed E-state index contributed by atoms with van der Waals surface area (Å²) in [4.78, 5) is 27.9. The van der Waals surface area contributed by atoms with Gasteiger partial charge in [0.1, 0.15) is 17.5 Å². The smallest absolute Gasteiger partial charge is 0.261 e. The van der Waals surface area contributed by atoms with Crippen molar-refractivity contribution < 1.29 is 19.1 Å². The Balaban J connectivity index is 2.25. The van der Waals surface area contributed by atoms with Crippen molar-refractivity contribution in [1.82, 2.24) is 10.2 Å². The van der Waals surface area contributed by atoms with E-state index in [0.29, 0.717) is 24.5 Å². The van der Waals surface area contributed by atoms with E-state index in [-0.39, 0.29) is 24.5 Å². The molecule has 0 heterocycles. The van der Waals surface area contributed by atoms with Crippen LogP contribution >= 0.6 is 0 Å². The molecular formula is C26H36N2O4. The first kappa shape index (κ1) is 25.2. The summed E-state index contributed by atoms with van der Waals surface area (Å²) in [6, 6.07) is 12.8. The Hall–Kier alpha value is -3.02. The normalized spacial score (nSPS) is 12.6. The van der Waals surface area contributed by atoms with E-state index in [1.807, 2.05) is 71.0 Å². The summed E-state index contributed by atoms with van der Waals surface area (Å²) < 4.78 is 11.1. The number of benzene rings is 2. The fourth-order valence-corrected chi connectivity index (χ4v) is 3.57. The van der Waals surface area contributed by atoms with Crippen LogP contribution in [0.4, 0.5) is 0 Å². The van der Waals surface area contributed by atoms with Gasteiger partial charge in [0.25, 0.3) is 5.91 Å². The largest absolute Gasteiger partial charge is 0.497 e. The monoisotopic (exact) mass is 440 g/mol. The van der Waals surface area contributed by atoms with Crippen molar-refractivity contribution in [3.8, 4) is 11.5 Å². The molecule has 1 N–H and O–H groups in total. The number of amides is 2. The van der Waals surface area contributed by atoms with Gasteiger partial charge in [-0.2, -0.15) is 0 Å². The number of carbonyl (C=O) groups excluding carboxylic acids is 2. The zero-order chi connectivity index (χ0) is 23.7. The molecule has 0 aliphatic heterocycles. The van der Waals surface area contributed by atoms with Crippen molar-refractivity contribution in [2.75, 3.05) is 13.7 Å². The highest BCUT2D eigenvalue weighted by atomic mass is 16.5. The zero-order valence-corrected chi connectivity index (χ0v) is 20.1. The molecule has 0 radical (unpaired) electrons. The van der Waals surface area contributed by atoms with Crippen LogP contribution in [0.15, 0.2) is 42.5 Å². The second-order valence-corrected chi connectivity index (χ2v) is 8.23. The summed E-state index contributed by atoms with van der Waals surface area (Å²) in [5.74, 6) is 0.968. The maximum atomic E-state index is 13.3. The molecule has 0 aromatic heterocycles. The Morgan fingerprint density at radius 1 is 1.00 bits per heavy atom. The molecule has 2 amide bonds. The van der Waals surface area contributed by atoms with Gasteiger partial charge < -0.3 is 19.7 Å². The summed E-state index contributed by atoms with van der Waals surface area (Å²) in [6.45, 7) is 10.0. The number of rotatable bonds is 11. The van der Waals surface area contributed by atoms with Crippen molar-refractivity contribution in [2.24, 2.45) is 0 Å². The van der Waals surface area contributed by atoms with Gasteiger partial charge in [0.05, 0.1) is 7.11 Å². The van der Waals surface area contributed by atoms with Crippen LogP contribution in [-0.2, 0) is 16.1 Å². The van der Waals surface area contributed by atoms with E-state index in [4.69, 9.17) is 9.47 Å². The minimum absolute atomic E-state index is 0.0387. The first-order chi connectivity index (χ1) is 15.3. The fourth-order valence-electron chi connectivity index (χ4n) is 3.57. The van der Waals surface area contributed by atoms with Gasteiger partial charge >= 0.3 is 0 Å². The fraction of sp³-hybridized carbons (Fsp3) is 0.462. The van der Waals surface area contributed by atoms with Crippen LogP contribution in [-0.4, -0.2) is 42.5 Å². The number of ether oxygens (including phenoxy) is 2. The van der Waals surface area contributed by atoms with Crippen LogP contribution in [0, 0.1) is 13.8 Å². The molecule has 0 saturated carbocycles. The Morgan fingerprint density at radius 3 is 2.28 bits per heavy atom. The molecule has 32 heavy (non-hydrogen) atoms. The Bertz CT molecular complexity index is 892. The third-order valence-corrected chi connectivity index (χ3v) is 5.43. The lowest BCUT2D eigenvalue weighted by atomic mass is 10.1. The first-order valence-corrected chi connectivity index (χ1v) is 11.2. The summed E-state index contributed by atoms with van der Waals surface area (Å²) >= 11 is 0. The van der Waals surface area contributed by atoms with Gasteiger partial charge in [-0.15, -0.1) is 0 Å². The van der Waals surface area contributed by atoms with E-state index >= 15 is 0 Å². The molecule has 6 nitrogen and oxygen atoms in total. The average Bonchev–Trinajstić information content (AvgIpc) is 2.76. The maximum Gasteiger partial charge on any atom is 0.261 e. The zero-order valence-electron chi connectivity index (χ0n) is 20.1. The van der Waals surface area contributed by atoms with Crippen LogP contribution in [0.1, 0.15) is 50.3 Å². The number of nitrogens with one attached hydrogen (secondary N) is 1. The average molecular weight is 441 g/mol.